The molecule has 0 bridgehead atoms. The van der Waals surface area contributed by atoms with E-state index in [1.807, 2.05) is 6.92 Å². The average Bonchev–Trinajstić information content (AvgIpc) is 2.18. The Hall–Kier alpha value is -0.120. The predicted molar refractivity (Wildman–Crippen MR) is 55.2 cm³/mol. The quantitative estimate of drug-likeness (QED) is 0.710. The Balaban J connectivity index is 1.66. The zero-order chi connectivity index (χ0) is 10.0. The first kappa shape index (κ1) is 10.4. The largest absolute Gasteiger partial charge is 0.389 e. The second kappa shape index (κ2) is 4.17. The van der Waals surface area contributed by atoms with E-state index in [9.17, 15) is 5.11 Å². The van der Waals surface area contributed by atoms with Gasteiger partial charge in [0, 0.05) is 19.3 Å². The molecular formula is C11H21NO2. The fourth-order valence-electron chi connectivity index (χ4n) is 2.29. The van der Waals surface area contributed by atoms with Crippen LogP contribution in [-0.4, -0.2) is 36.5 Å². The lowest BCUT2D eigenvalue weighted by Crippen LogP contribution is -2.57. The molecule has 3 nitrogen and oxygen atoms in total. The first-order chi connectivity index (χ1) is 6.68. The predicted octanol–water partition coefficient (Wildman–Crippen LogP) is 0.916. The fraction of sp³-hybridized carbons (Fsp3) is 1.00. The van der Waals surface area contributed by atoms with Crippen LogP contribution in [0.5, 0.6) is 0 Å². The Labute approximate surface area is 85.8 Å². The first-order valence-electron chi connectivity index (χ1n) is 5.72. The van der Waals surface area contributed by atoms with Crippen molar-refractivity contribution in [2.45, 2.75) is 44.2 Å². The van der Waals surface area contributed by atoms with Crippen molar-refractivity contribution in [3.8, 4) is 0 Å². The van der Waals surface area contributed by atoms with Gasteiger partial charge >= 0.3 is 0 Å². The molecule has 0 aromatic heterocycles. The molecule has 0 aromatic carbocycles. The third-order valence-electron chi connectivity index (χ3n) is 3.68. The summed E-state index contributed by atoms with van der Waals surface area (Å²) in [6.07, 6.45) is 4.40. The number of rotatable bonds is 3. The smallest absolute Gasteiger partial charge is 0.0772 e. The minimum Gasteiger partial charge on any atom is -0.389 e. The molecule has 0 aromatic rings. The Bertz CT molecular complexity index is 188. The average molecular weight is 199 g/mol. The number of hydrogen-bond donors (Lipinski definition) is 2. The molecule has 1 saturated heterocycles. The third kappa shape index (κ3) is 2.27. The maximum absolute atomic E-state index is 9.82. The molecule has 0 radical (unpaired) electrons. The molecule has 1 saturated carbocycles. The van der Waals surface area contributed by atoms with Crippen molar-refractivity contribution in [3.05, 3.63) is 0 Å². The van der Waals surface area contributed by atoms with Crippen LogP contribution >= 0.6 is 0 Å². The van der Waals surface area contributed by atoms with E-state index in [0.29, 0.717) is 6.04 Å². The van der Waals surface area contributed by atoms with Crippen molar-refractivity contribution in [1.82, 2.24) is 5.32 Å². The van der Waals surface area contributed by atoms with E-state index < -0.39 is 5.60 Å². The normalized spacial score (nSPS) is 39.4. The van der Waals surface area contributed by atoms with Crippen molar-refractivity contribution >= 4 is 0 Å². The summed E-state index contributed by atoms with van der Waals surface area (Å²) in [5.74, 6) is 0.750. The van der Waals surface area contributed by atoms with Gasteiger partial charge in [0.25, 0.3) is 0 Å². The minimum absolute atomic E-state index is 0.324. The van der Waals surface area contributed by atoms with Crippen LogP contribution in [0.2, 0.25) is 0 Å². The molecule has 3 heteroatoms. The molecule has 2 atom stereocenters. The molecule has 82 valence electrons. The number of ether oxygens (including phenoxy) is 1. The maximum atomic E-state index is 9.82. The van der Waals surface area contributed by atoms with Crippen LogP contribution in [0.4, 0.5) is 0 Å². The topological polar surface area (TPSA) is 41.5 Å². The van der Waals surface area contributed by atoms with Crippen molar-refractivity contribution in [3.63, 3.8) is 0 Å². The Morgan fingerprint density at radius 3 is 2.57 bits per heavy atom. The summed E-state index contributed by atoms with van der Waals surface area (Å²) < 4.78 is 5.31. The number of hydrogen-bond acceptors (Lipinski definition) is 3. The van der Waals surface area contributed by atoms with E-state index in [2.05, 4.69) is 5.32 Å². The standard InChI is InChI=1S/C11H21NO2/c1-11(13)5-2-10(11)12-8-9-3-6-14-7-4-9/h9-10,12-13H,2-8H2,1H3/t10-,11-/m0/s1. The molecule has 14 heavy (non-hydrogen) atoms. The number of nitrogens with one attached hydrogen (secondary N) is 1. The van der Waals surface area contributed by atoms with Gasteiger partial charge in [-0.3, -0.25) is 0 Å². The van der Waals surface area contributed by atoms with Crippen molar-refractivity contribution < 1.29 is 9.84 Å². The Morgan fingerprint density at radius 2 is 2.07 bits per heavy atom. The summed E-state index contributed by atoms with van der Waals surface area (Å²) in [6.45, 7) is 4.79. The van der Waals surface area contributed by atoms with Gasteiger partial charge in [0.1, 0.15) is 0 Å². The van der Waals surface area contributed by atoms with Crippen LogP contribution in [-0.2, 0) is 4.74 Å². The summed E-state index contributed by atoms with van der Waals surface area (Å²) in [5, 5.41) is 13.3. The molecule has 0 unspecified atom stereocenters. The molecule has 2 aliphatic rings. The highest BCUT2D eigenvalue weighted by molar-refractivity contribution is 4.98. The van der Waals surface area contributed by atoms with Gasteiger partial charge in [-0.05, 0) is 45.1 Å². The van der Waals surface area contributed by atoms with Crippen LogP contribution in [0.1, 0.15) is 32.6 Å². The molecule has 2 fully saturated rings. The molecule has 1 heterocycles. The molecule has 0 amide bonds. The van der Waals surface area contributed by atoms with E-state index in [1.165, 1.54) is 12.8 Å². The van der Waals surface area contributed by atoms with Crippen LogP contribution in [0.25, 0.3) is 0 Å². The van der Waals surface area contributed by atoms with Crippen molar-refractivity contribution in [2.24, 2.45) is 5.92 Å². The van der Waals surface area contributed by atoms with Gasteiger partial charge in [0.2, 0.25) is 0 Å². The van der Waals surface area contributed by atoms with E-state index >= 15 is 0 Å². The van der Waals surface area contributed by atoms with Crippen LogP contribution in [0, 0.1) is 5.92 Å². The van der Waals surface area contributed by atoms with Crippen molar-refractivity contribution in [1.29, 1.82) is 0 Å². The Kier molecular flexibility index (Phi) is 3.10. The second-order valence-electron chi connectivity index (χ2n) is 4.91. The van der Waals surface area contributed by atoms with E-state index in [-0.39, 0.29) is 0 Å². The molecule has 2 rings (SSSR count). The van der Waals surface area contributed by atoms with Gasteiger partial charge < -0.3 is 15.2 Å². The van der Waals surface area contributed by atoms with E-state index in [1.54, 1.807) is 0 Å². The van der Waals surface area contributed by atoms with Crippen LogP contribution < -0.4 is 5.32 Å². The lowest BCUT2D eigenvalue weighted by atomic mass is 9.76. The fourth-order valence-corrected chi connectivity index (χ4v) is 2.29. The monoisotopic (exact) mass is 199 g/mol. The lowest BCUT2D eigenvalue weighted by Gasteiger charge is -2.44. The van der Waals surface area contributed by atoms with Gasteiger partial charge in [0.05, 0.1) is 5.60 Å². The second-order valence-corrected chi connectivity index (χ2v) is 4.91. The van der Waals surface area contributed by atoms with Gasteiger partial charge in [-0.25, -0.2) is 0 Å². The summed E-state index contributed by atoms with van der Waals surface area (Å²) in [6, 6.07) is 0.324. The number of aliphatic hydroxyl groups is 1. The van der Waals surface area contributed by atoms with Gasteiger partial charge in [-0.1, -0.05) is 0 Å². The molecular weight excluding hydrogens is 178 g/mol. The summed E-state index contributed by atoms with van der Waals surface area (Å²) in [7, 11) is 0. The van der Waals surface area contributed by atoms with E-state index in [4.69, 9.17) is 4.74 Å². The van der Waals surface area contributed by atoms with Crippen LogP contribution in [0.3, 0.4) is 0 Å². The highest BCUT2D eigenvalue weighted by atomic mass is 16.5. The first-order valence-corrected chi connectivity index (χ1v) is 5.72. The molecule has 0 spiro atoms. The lowest BCUT2D eigenvalue weighted by molar-refractivity contribution is -0.0542. The highest BCUT2D eigenvalue weighted by Gasteiger charge is 2.40. The molecule has 1 aliphatic carbocycles. The van der Waals surface area contributed by atoms with Crippen molar-refractivity contribution in [2.75, 3.05) is 19.8 Å². The molecule has 1 aliphatic heterocycles. The summed E-state index contributed by atoms with van der Waals surface area (Å²) in [5.41, 5.74) is -0.453. The highest BCUT2D eigenvalue weighted by Crippen LogP contribution is 2.31. The Morgan fingerprint density at radius 1 is 1.36 bits per heavy atom. The minimum atomic E-state index is -0.453. The third-order valence-corrected chi connectivity index (χ3v) is 3.68. The summed E-state index contributed by atoms with van der Waals surface area (Å²) in [4.78, 5) is 0. The summed E-state index contributed by atoms with van der Waals surface area (Å²) >= 11 is 0. The van der Waals surface area contributed by atoms with Gasteiger partial charge in [-0.15, -0.1) is 0 Å². The zero-order valence-corrected chi connectivity index (χ0v) is 8.96. The van der Waals surface area contributed by atoms with E-state index in [0.717, 1.165) is 38.5 Å². The zero-order valence-electron chi connectivity index (χ0n) is 8.96. The molecule has 2 N–H and O–H groups in total. The van der Waals surface area contributed by atoms with Gasteiger partial charge in [-0.2, -0.15) is 0 Å². The van der Waals surface area contributed by atoms with Crippen LogP contribution in [0.15, 0.2) is 0 Å². The SMILES string of the molecule is C[C@]1(O)CC[C@@H]1NCC1CCOCC1. The maximum Gasteiger partial charge on any atom is 0.0772 e. The van der Waals surface area contributed by atoms with Gasteiger partial charge in [0.15, 0.2) is 0 Å².